The van der Waals surface area contributed by atoms with Gasteiger partial charge in [0.2, 0.25) is 5.91 Å². The van der Waals surface area contributed by atoms with Crippen molar-refractivity contribution in [3.8, 4) is 5.88 Å². The zero-order valence-electron chi connectivity index (χ0n) is 25.2. The van der Waals surface area contributed by atoms with Crippen LogP contribution in [0.3, 0.4) is 0 Å². The summed E-state index contributed by atoms with van der Waals surface area (Å²) >= 11 is 0. The highest BCUT2D eigenvalue weighted by Crippen LogP contribution is 2.33. The van der Waals surface area contributed by atoms with Crippen LogP contribution < -0.4 is 4.90 Å². The minimum atomic E-state index is -0.427. The van der Waals surface area contributed by atoms with Crippen LogP contribution in [0.5, 0.6) is 5.88 Å². The molecule has 0 saturated carbocycles. The molecule has 2 N–H and O–H groups in total. The van der Waals surface area contributed by atoms with Crippen molar-refractivity contribution in [1.29, 1.82) is 0 Å². The molecule has 8 heteroatoms. The molecule has 0 aliphatic rings. The molecule has 224 valence electrons. The third-order valence-electron chi connectivity index (χ3n) is 7.23. The summed E-state index contributed by atoms with van der Waals surface area (Å²) in [6, 6.07) is 32.2. The summed E-state index contributed by atoms with van der Waals surface area (Å²) in [5.41, 5.74) is 5.36. The van der Waals surface area contributed by atoms with Gasteiger partial charge >= 0.3 is 5.97 Å². The monoisotopic (exact) mass is 588 g/mol. The number of aromatic nitrogens is 1. The number of carbonyl (C=O) groups is 2. The number of fused-ring (bicyclic) bond motifs is 1. The van der Waals surface area contributed by atoms with E-state index in [9.17, 15) is 14.7 Å². The van der Waals surface area contributed by atoms with E-state index >= 15 is 0 Å². The van der Waals surface area contributed by atoms with Gasteiger partial charge in [-0.05, 0) is 63.0 Å². The predicted octanol–water partition coefficient (Wildman–Crippen LogP) is 6.70. The maximum absolute atomic E-state index is 13.3. The highest BCUT2D eigenvalue weighted by Gasteiger charge is 2.21. The molecule has 0 aliphatic heterocycles. The van der Waals surface area contributed by atoms with Gasteiger partial charge in [-0.25, -0.2) is 9.79 Å². The first kappa shape index (κ1) is 30.3. The topological polar surface area (TPSA) is 98.2 Å². The first-order chi connectivity index (χ1) is 21.3. The van der Waals surface area contributed by atoms with E-state index in [0.717, 1.165) is 22.2 Å². The molecule has 0 saturated heterocycles. The third kappa shape index (κ3) is 7.04. The van der Waals surface area contributed by atoms with E-state index in [2.05, 4.69) is 4.98 Å². The van der Waals surface area contributed by atoms with Crippen LogP contribution in [-0.2, 0) is 16.1 Å². The van der Waals surface area contributed by atoms with Crippen molar-refractivity contribution < 1.29 is 19.4 Å². The van der Waals surface area contributed by atoms with E-state index in [1.807, 2.05) is 104 Å². The third-order valence-corrected chi connectivity index (χ3v) is 7.23. The summed E-state index contributed by atoms with van der Waals surface area (Å²) in [6.07, 6.45) is 0.398. The van der Waals surface area contributed by atoms with Gasteiger partial charge in [0.1, 0.15) is 0 Å². The van der Waals surface area contributed by atoms with E-state index in [-0.39, 0.29) is 18.4 Å². The van der Waals surface area contributed by atoms with Crippen molar-refractivity contribution in [2.24, 2.45) is 4.99 Å². The van der Waals surface area contributed by atoms with Crippen LogP contribution in [-0.4, -0.2) is 59.8 Å². The van der Waals surface area contributed by atoms with E-state index < -0.39 is 5.97 Å². The van der Waals surface area contributed by atoms with Crippen molar-refractivity contribution in [3.05, 3.63) is 125 Å². The van der Waals surface area contributed by atoms with Crippen LogP contribution >= 0.6 is 0 Å². The predicted molar refractivity (Wildman–Crippen MR) is 175 cm³/mol. The van der Waals surface area contributed by atoms with E-state index in [4.69, 9.17) is 9.73 Å². The number of benzene rings is 4. The highest BCUT2D eigenvalue weighted by molar-refractivity contribution is 6.22. The van der Waals surface area contributed by atoms with Gasteiger partial charge in [0.15, 0.2) is 5.88 Å². The van der Waals surface area contributed by atoms with Gasteiger partial charge in [0.25, 0.3) is 0 Å². The zero-order chi connectivity index (χ0) is 31.1. The molecule has 0 bridgehead atoms. The number of aromatic amines is 1. The normalized spacial score (nSPS) is 11.6. The Morgan fingerprint density at radius 1 is 0.864 bits per heavy atom. The van der Waals surface area contributed by atoms with Crippen LogP contribution in [0.25, 0.3) is 10.9 Å². The van der Waals surface area contributed by atoms with Crippen molar-refractivity contribution in [1.82, 2.24) is 9.88 Å². The molecule has 0 unspecified atom stereocenters. The second kappa shape index (κ2) is 13.8. The number of aromatic hydroxyl groups is 1. The quantitative estimate of drug-likeness (QED) is 0.132. The lowest BCUT2D eigenvalue weighted by Gasteiger charge is -2.24. The number of H-pyrrole nitrogens is 1. The Labute approximate surface area is 257 Å². The number of anilines is 1. The minimum absolute atomic E-state index is 0.0367. The molecule has 8 nitrogen and oxygen atoms in total. The van der Waals surface area contributed by atoms with E-state index in [1.54, 1.807) is 30.0 Å². The number of rotatable bonds is 11. The number of nitrogens with one attached hydrogen (secondary N) is 1. The van der Waals surface area contributed by atoms with Crippen LogP contribution in [0.15, 0.2) is 108 Å². The molecule has 1 heterocycles. The number of amides is 1. The van der Waals surface area contributed by atoms with Crippen LogP contribution in [0, 0.1) is 0 Å². The van der Waals surface area contributed by atoms with Gasteiger partial charge in [-0.3, -0.25) is 4.79 Å². The standard InChI is InChI=1S/C36H36N4O4/c1-4-44-36(43)27-15-20-30-31(23-27)38-35(42)33(30)34(26-13-9-6-10-14-26)37-28-16-18-29(19-17-28)40(32(41)21-22-39(2)3)24-25-11-7-5-8-12-25/h5-20,23,38,42H,4,21-22,24H2,1-3H3. The first-order valence-electron chi connectivity index (χ1n) is 14.6. The van der Waals surface area contributed by atoms with Gasteiger partial charge in [-0.2, -0.15) is 0 Å². The SMILES string of the molecule is CCOC(=O)c1ccc2c(C(=Nc3ccc(N(Cc4ccccc4)C(=O)CCN(C)C)cc3)c3ccccc3)c(O)[nH]c2c1. The van der Waals surface area contributed by atoms with Crippen molar-refractivity contribution in [2.75, 3.05) is 32.1 Å². The average Bonchev–Trinajstić information content (AvgIpc) is 3.37. The summed E-state index contributed by atoms with van der Waals surface area (Å²) < 4.78 is 5.14. The number of nitrogens with zero attached hydrogens (tertiary/aromatic N) is 3. The average molecular weight is 589 g/mol. The number of esters is 1. The number of hydrogen-bond acceptors (Lipinski definition) is 6. The van der Waals surface area contributed by atoms with Crippen molar-refractivity contribution in [3.63, 3.8) is 0 Å². The lowest BCUT2D eigenvalue weighted by molar-refractivity contribution is -0.119. The van der Waals surface area contributed by atoms with Crippen LogP contribution in [0.2, 0.25) is 0 Å². The Kier molecular flexibility index (Phi) is 9.52. The molecule has 0 radical (unpaired) electrons. The lowest BCUT2D eigenvalue weighted by atomic mass is 10.00. The lowest BCUT2D eigenvalue weighted by Crippen LogP contribution is -2.32. The van der Waals surface area contributed by atoms with Gasteiger partial charge in [-0.15, -0.1) is 0 Å². The fraction of sp³-hybridized carbons (Fsp3) is 0.194. The van der Waals surface area contributed by atoms with E-state index in [1.165, 1.54) is 0 Å². The molecule has 0 fully saturated rings. The number of carbonyl (C=O) groups excluding carboxylic acids is 2. The summed E-state index contributed by atoms with van der Waals surface area (Å²) in [4.78, 5) is 37.4. The summed E-state index contributed by atoms with van der Waals surface area (Å²) in [5, 5.41) is 11.8. The van der Waals surface area contributed by atoms with Crippen LogP contribution in [0.1, 0.15) is 40.4 Å². The molecule has 0 atom stereocenters. The van der Waals surface area contributed by atoms with E-state index in [0.29, 0.717) is 47.6 Å². The maximum atomic E-state index is 13.3. The molecular weight excluding hydrogens is 552 g/mol. The van der Waals surface area contributed by atoms with Gasteiger partial charge in [0, 0.05) is 35.1 Å². The second-order valence-corrected chi connectivity index (χ2v) is 10.7. The first-order valence-corrected chi connectivity index (χ1v) is 14.6. The molecule has 5 aromatic rings. The smallest absolute Gasteiger partial charge is 0.338 e. The molecular formula is C36H36N4O4. The van der Waals surface area contributed by atoms with Gasteiger partial charge in [-0.1, -0.05) is 66.7 Å². The second-order valence-electron chi connectivity index (χ2n) is 10.7. The number of ether oxygens (including phenoxy) is 1. The molecule has 0 spiro atoms. The minimum Gasteiger partial charge on any atom is -0.494 e. The Balaban J connectivity index is 1.53. The molecule has 4 aromatic carbocycles. The zero-order valence-corrected chi connectivity index (χ0v) is 25.2. The van der Waals surface area contributed by atoms with Crippen molar-refractivity contribution in [2.45, 2.75) is 19.9 Å². The highest BCUT2D eigenvalue weighted by atomic mass is 16.5. The fourth-order valence-corrected chi connectivity index (χ4v) is 5.01. The van der Waals surface area contributed by atoms with Crippen molar-refractivity contribution >= 4 is 39.9 Å². The molecule has 0 aliphatic carbocycles. The maximum Gasteiger partial charge on any atom is 0.338 e. The molecule has 44 heavy (non-hydrogen) atoms. The Hall–Kier alpha value is -5.21. The largest absolute Gasteiger partial charge is 0.494 e. The Bertz CT molecular complexity index is 1760. The molecule has 5 rings (SSSR count). The Morgan fingerprint density at radius 2 is 1.55 bits per heavy atom. The Morgan fingerprint density at radius 3 is 2.20 bits per heavy atom. The fourth-order valence-electron chi connectivity index (χ4n) is 5.01. The molecule has 1 aromatic heterocycles. The van der Waals surface area contributed by atoms with Crippen LogP contribution in [0.4, 0.5) is 11.4 Å². The summed E-state index contributed by atoms with van der Waals surface area (Å²) in [6.45, 7) is 3.15. The van der Waals surface area contributed by atoms with Gasteiger partial charge < -0.3 is 24.6 Å². The number of aliphatic imine (C=N–C) groups is 1. The molecule has 1 amide bonds. The number of hydrogen-bond donors (Lipinski definition) is 2. The summed E-state index contributed by atoms with van der Waals surface area (Å²) in [5.74, 6) is -0.445. The van der Waals surface area contributed by atoms with Gasteiger partial charge in [0.05, 0.1) is 35.7 Å². The summed E-state index contributed by atoms with van der Waals surface area (Å²) in [7, 11) is 3.91.